The molecule has 1 spiro atoms. The second-order valence-corrected chi connectivity index (χ2v) is 8.36. The maximum Gasteiger partial charge on any atom is 0.414 e. The molecular formula is C17H19NO3S. The Hall–Kier alpha value is -1.62. The van der Waals surface area contributed by atoms with Gasteiger partial charge >= 0.3 is 6.09 Å². The van der Waals surface area contributed by atoms with E-state index in [0.29, 0.717) is 12.5 Å². The molecule has 3 aliphatic rings. The number of rotatable bonds is 0. The topological polar surface area (TPSA) is 46.6 Å². The van der Waals surface area contributed by atoms with E-state index in [9.17, 15) is 9.59 Å². The molecule has 1 aromatic heterocycles. The number of nitrogens with zero attached hydrogens (tertiary/aromatic N) is 1. The molecule has 1 amide bonds. The molecule has 0 radical (unpaired) electrons. The molecule has 0 aromatic carbocycles. The number of fused-ring (bicyclic) bond motifs is 1. The lowest BCUT2D eigenvalue weighted by molar-refractivity contribution is 0.0322. The molecule has 1 saturated heterocycles. The minimum atomic E-state index is -0.528. The predicted molar refractivity (Wildman–Crippen MR) is 84.2 cm³/mol. The Morgan fingerprint density at radius 1 is 1.45 bits per heavy atom. The fourth-order valence-corrected chi connectivity index (χ4v) is 4.97. The summed E-state index contributed by atoms with van der Waals surface area (Å²) in [6.45, 7) is 8.30. The molecule has 0 N–H and O–H groups in total. The fourth-order valence-electron chi connectivity index (χ4n) is 3.92. The molecule has 22 heavy (non-hydrogen) atoms. The van der Waals surface area contributed by atoms with E-state index in [1.165, 1.54) is 16.9 Å². The van der Waals surface area contributed by atoms with E-state index >= 15 is 0 Å². The van der Waals surface area contributed by atoms with Gasteiger partial charge in [0.2, 0.25) is 0 Å². The summed E-state index contributed by atoms with van der Waals surface area (Å²) >= 11 is 1.53. The molecule has 116 valence electrons. The van der Waals surface area contributed by atoms with Gasteiger partial charge in [-0.2, -0.15) is 0 Å². The minimum Gasteiger partial charge on any atom is -0.443 e. The first kappa shape index (κ1) is 14.0. The van der Waals surface area contributed by atoms with Crippen molar-refractivity contribution < 1.29 is 14.3 Å². The van der Waals surface area contributed by atoms with Crippen molar-refractivity contribution in [3.8, 4) is 0 Å². The second-order valence-electron chi connectivity index (χ2n) is 7.48. The highest BCUT2D eigenvalue weighted by Gasteiger charge is 2.68. The molecule has 5 heteroatoms. The van der Waals surface area contributed by atoms with Gasteiger partial charge in [-0.3, -0.25) is 9.69 Å². The Labute approximate surface area is 133 Å². The van der Waals surface area contributed by atoms with Crippen molar-refractivity contribution in [2.45, 2.75) is 45.1 Å². The lowest BCUT2D eigenvalue weighted by atomic mass is 9.84. The number of amides is 1. The van der Waals surface area contributed by atoms with E-state index in [0.717, 1.165) is 22.6 Å². The molecule has 2 fully saturated rings. The van der Waals surface area contributed by atoms with Crippen LogP contribution < -0.4 is 0 Å². The first-order valence-electron chi connectivity index (χ1n) is 7.59. The maximum atomic E-state index is 12.5. The van der Waals surface area contributed by atoms with Crippen molar-refractivity contribution in [3.63, 3.8) is 0 Å². The molecule has 2 aliphatic carbocycles. The van der Waals surface area contributed by atoms with Gasteiger partial charge in [-0.1, -0.05) is 0 Å². The lowest BCUT2D eigenvalue weighted by Crippen LogP contribution is -2.37. The summed E-state index contributed by atoms with van der Waals surface area (Å²) < 4.78 is 5.51. The molecule has 1 aliphatic heterocycles. The summed E-state index contributed by atoms with van der Waals surface area (Å²) in [7, 11) is 0. The van der Waals surface area contributed by atoms with Gasteiger partial charge in [0.25, 0.3) is 0 Å². The highest BCUT2D eigenvalue weighted by Crippen LogP contribution is 2.67. The number of aryl methyl sites for hydroxylation is 1. The molecule has 2 atom stereocenters. The van der Waals surface area contributed by atoms with E-state index in [-0.39, 0.29) is 17.3 Å². The van der Waals surface area contributed by atoms with Gasteiger partial charge in [-0.05, 0) is 56.5 Å². The Balaban J connectivity index is 1.75. The van der Waals surface area contributed by atoms with Crippen molar-refractivity contribution in [1.29, 1.82) is 0 Å². The van der Waals surface area contributed by atoms with Crippen LogP contribution in [0.15, 0.2) is 17.2 Å². The van der Waals surface area contributed by atoms with Gasteiger partial charge in [0, 0.05) is 23.7 Å². The number of allylic oxidation sites excluding steroid dienone is 2. The highest BCUT2D eigenvalue weighted by atomic mass is 32.1. The SMILES string of the molecule is Cc1csc2c1C13C[C@@H]1CN(C(=O)OC(C)(C)C)C3=CC2=O. The van der Waals surface area contributed by atoms with Gasteiger partial charge in [-0.15, -0.1) is 11.3 Å². The van der Waals surface area contributed by atoms with E-state index < -0.39 is 5.60 Å². The van der Waals surface area contributed by atoms with Crippen molar-refractivity contribution in [1.82, 2.24) is 4.90 Å². The minimum absolute atomic E-state index is 0.0230. The monoisotopic (exact) mass is 317 g/mol. The van der Waals surface area contributed by atoms with Crippen LogP contribution in [0.3, 0.4) is 0 Å². The number of thiophene rings is 1. The molecule has 1 saturated carbocycles. The third-order valence-corrected chi connectivity index (χ3v) is 5.89. The molecular weight excluding hydrogens is 298 g/mol. The van der Waals surface area contributed by atoms with Crippen molar-refractivity contribution in [2.24, 2.45) is 5.92 Å². The third-order valence-electron chi connectivity index (χ3n) is 4.78. The van der Waals surface area contributed by atoms with E-state index in [1.54, 1.807) is 11.0 Å². The van der Waals surface area contributed by atoms with Crippen molar-refractivity contribution in [2.75, 3.05) is 6.54 Å². The average Bonchev–Trinajstić information content (AvgIpc) is 2.78. The summed E-state index contributed by atoms with van der Waals surface area (Å²) in [4.78, 5) is 27.4. The van der Waals surface area contributed by atoms with Crippen LogP contribution in [-0.4, -0.2) is 28.9 Å². The first-order chi connectivity index (χ1) is 10.2. The third kappa shape index (κ3) is 1.69. The van der Waals surface area contributed by atoms with Crippen molar-refractivity contribution >= 4 is 23.2 Å². The van der Waals surface area contributed by atoms with Crippen molar-refractivity contribution in [3.05, 3.63) is 33.2 Å². The van der Waals surface area contributed by atoms with Gasteiger partial charge in [0.05, 0.1) is 4.88 Å². The number of ether oxygens (including phenoxy) is 1. The van der Waals surface area contributed by atoms with Crippen LogP contribution in [0.25, 0.3) is 0 Å². The Morgan fingerprint density at radius 3 is 2.86 bits per heavy atom. The van der Waals surface area contributed by atoms with Gasteiger partial charge < -0.3 is 4.74 Å². The number of piperidine rings is 1. The van der Waals surface area contributed by atoms with Crippen LogP contribution in [0.1, 0.15) is 48.0 Å². The molecule has 4 nitrogen and oxygen atoms in total. The zero-order valence-electron chi connectivity index (χ0n) is 13.2. The smallest absolute Gasteiger partial charge is 0.414 e. The summed E-state index contributed by atoms with van der Waals surface area (Å²) in [6.07, 6.45) is 2.36. The summed E-state index contributed by atoms with van der Waals surface area (Å²) in [5.41, 5.74) is 2.55. The zero-order chi connectivity index (χ0) is 15.9. The van der Waals surface area contributed by atoms with E-state index in [1.807, 2.05) is 20.8 Å². The van der Waals surface area contributed by atoms with Crippen LogP contribution in [0.2, 0.25) is 0 Å². The second kappa shape index (κ2) is 4.02. The quantitative estimate of drug-likeness (QED) is 0.734. The standard InChI is InChI=1S/C17H19NO3S/c1-9-8-22-14-11(19)5-12-17(13(9)14)6-10(17)7-18(12)15(20)21-16(2,3)4/h5,8,10H,6-7H2,1-4H3/t10-,17?/m1/s1. The number of carbonyl (C=O) groups excluding carboxylic acids is 2. The number of hydrogen-bond acceptors (Lipinski definition) is 4. The van der Waals surface area contributed by atoms with Gasteiger partial charge in [0.1, 0.15) is 5.60 Å². The first-order valence-corrected chi connectivity index (χ1v) is 8.47. The summed E-state index contributed by atoms with van der Waals surface area (Å²) in [5.74, 6) is 0.446. The van der Waals surface area contributed by atoms with E-state index in [4.69, 9.17) is 4.74 Å². The van der Waals surface area contributed by atoms with Crippen LogP contribution in [-0.2, 0) is 10.2 Å². The van der Waals surface area contributed by atoms with Crippen LogP contribution >= 0.6 is 11.3 Å². The van der Waals surface area contributed by atoms with Crippen LogP contribution in [0.5, 0.6) is 0 Å². The summed E-state index contributed by atoms with van der Waals surface area (Å²) in [6, 6.07) is 0. The number of ketones is 1. The highest BCUT2D eigenvalue weighted by molar-refractivity contribution is 7.12. The molecule has 0 bridgehead atoms. The number of likely N-dealkylation sites (tertiary alicyclic amines) is 1. The van der Waals surface area contributed by atoms with E-state index in [2.05, 4.69) is 12.3 Å². The maximum absolute atomic E-state index is 12.5. The molecule has 2 heterocycles. The average molecular weight is 317 g/mol. The molecule has 1 aromatic rings. The Bertz CT molecular complexity index is 740. The normalized spacial score (nSPS) is 28.7. The van der Waals surface area contributed by atoms with Gasteiger partial charge in [0.15, 0.2) is 5.78 Å². The zero-order valence-corrected chi connectivity index (χ0v) is 14.0. The fraction of sp³-hybridized carbons (Fsp3) is 0.529. The molecule has 4 rings (SSSR count). The number of hydrogen-bond donors (Lipinski definition) is 0. The summed E-state index contributed by atoms with van der Waals surface area (Å²) in [5, 5.41) is 2.06. The van der Waals surface area contributed by atoms with Crippen LogP contribution in [0, 0.1) is 12.8 Å². The Kier molecular flexibility index (Phi) is 2.56. The largest absolute Gasteiger partial charge is 0.443 e. The lowest BCUT2D eigenvalue weighted by Gasteiger charge is -2.30. The predicted octanol–water partition coefficient (Wildman–Crippen LogP) is 3.65. The van der Waals surface area contributed by atoms with Gasteiger partial charge in [-0.25, -0.2) is 4.79 Å². The Morgan fingerprint density at radius 2 is 2.18 bits per heavy atom. The van der Waals surface area contributed by atoms with Crippen LogP contribution in [0.4, 0.5) is 4.79 Å². The number of carbonyl (C=O) groups is 2. The molecule has 1 unspecified atom stereocenters.